The Morgan fingerprint density at radius 3 is 1.85 bits per heavy atom. The standard InChI is InChI=1S/C30H39N3O/c1-18-25(21-14-19-10-8-12-33-13-9-11-20(15-21)26(19)33)32-28(31-18)22-16-23(29(2,3)4)27(34)24(17-22)30(5,6)7/h14-17,34H,8-13H2,1-7H3,(H,31,32). The maximum atomic E-state index is 11.1. The van der Waals surface area contributed by atoms with Crippen LogP contribution in [0.25, 0.3) is 22.6 Å². The van der Waals surface area contributed by atoms with Crippen LogP contribution in [0.15, 0.2) is 24.3 Å². The van der Waals surface area contributed by atoms with Crippen LogP contribution in [0.4, 0.5) is 5.69 Å². The molecule has 34 heavy (non-hydrogen) atoms. The Morgan fingerprint density at radius 1 is 0.824 bits per heavy atom. The molecule has 180 valence electrons. The van der Waals surface area contributed by atoms with E-state index in [-0.39, 0.29) is 10.8 Å². The molecule has 4 nitrogen and oxygen atoms in total. The second-order valence-electron chi connectivity index (χ2n) is 12.3. The molecular weight excluding hydrogens is 418 g/mol. The van der Waals surface area contributed by atoms with E-state index in [4.69, 9.17) is 4.98 Å². The molecule has 0 radical (unpaired) electrons. The minimum atomic E-state index is -0.169. The number of benzene rings is 2. The molecule has 0 fully saturated rings. The van der Waals surface area contributed by atoms with Crippen LogP contribution >= 0.6 is 0 Å². The number of anilines is 1. The molecule has 3 heterocycles. The molecule has 2 N–H and O–H groups in total. The van der Waals surface area contributed by atoms with Crippen LogP contribution in [0.3, 0.4) is 0 Å². The van der Waals surface area contributed by atoms with E-state index in [1.54, 1.807) is 0 Å². The maximum Gasteiger partial charge on any atom is 0.138 e. The van der Waals surface area contributed by atoms with E-state index in [1.807, 2.05) is 0 Å². The fraction of sp³-hybridized carbons (Fsp3) is 0.500. The summed E-state index contributed by atoms with van der Waals surface area (Å²) in [4.78, 5) is 11.3. The number of aromatic hydroxyl groups is 1. The van der Waals surface area contributed by atoms with Crippen molar-refractivity contribution in [3.8, 4) is 28.4 Å². The Hall–Kier alpha value is -2.75. The summed E-state index contributed by atoms with van der Waals surface area (Å²) in [5.74, 6) is 1.28. The number of nitrogens with one attached hydrogen (secondary N) is 1. The number of phenolic OH excluding ortho intramolecular Hbond substituents is 1. The highest BCUT2D eigenvalue weighted by Gasteiger charge is 2.28. The van der Waals surface area contributed by atoms with Gasteiger partial charge in [0.2, 0.25) is 0 Å². The first-order chi connectivity index (χ1) is 15.9. The molecule has 2 aliphatic rings. The predicted molar refractivity (Wildman–Crippen MR) is 142 cm³/mol. The quantitative estimate of drug-likeness (QED) is 0.433. The van der Waals surface area contributed by atoms with Gasteiger partial charge in [0.1, 0.15) is 11.6 Å². The Labute approximate surface area is 204 Å². The fourth-order valence-corrected chi connectivity index (χ4v) is 5.73. The van der Waals surface area contributed by atoms with Gasteiger partial charge < -0.3 is 15.0 Å². The van der Waals surface area contributed by atoms with Gasteiger partial charge in [0, 0.05) is 46.7 Å². The van der Waals surface area contributed by atoms with Crippen LogP contribution in [0.1, 0.15) is 82.3 Å². The summed E-state index contributed by atoms with van der Waals surface area (Å²) < 4.78 is 0. The molecule has 2 aliphatic heterocycles. The number of hydrogen-bond acceptors (Lipinski definition) is 3. The number of H-pyrrole nitrogens is 1. The van der Waals surface area contributed by atoms with E-state index in [0.717, 1.165) is 46.7 Å². The van der Waals surface area contributed by atoms with Gasteiger partial charge >= 0.3 is 0 Å². The first-order valence-corrected chi connectivity index (χ1v) is 12.8. The lowest BCUT2D eigenvalue weighted by atomic mass is 9.78. The van der Waals surface area contributed by atoms with Gasteiger partial charge in [0.25, 0.3) is 0 Å². The van der Waals surface area contributed by atoms with Gasteiger partial charge in [-0.2, -0.15) is 0 Å². The average Bonchev–Trinajstić information content (AvgIpc) is 3.14. The molecule has 0 unspecified atom stereocenters. The second-order valence-corrected chi connectivity index (χ2v) is 12.3. The maximum absolute atomic E-state index is 11.1. The molecule has 0 saturated heterocycles. The van der Waals surface area contributed by atoms with E-state index >= 15 is 0 Å². The molecule has 3 aromatic rings. The second kappa shape index (κ2) is 7.90. The summed E-state index contributed by atoms with van der Waals surface area (Å²) in [5, 5.41) is 11.1. The highest BCUT2D eigenvalue weighted by atomic mass is 16.3. The fourth-order valence-electron chi connectivity index (χ4n) is 5.73. The Balaban J connectivity index is 1.63. The zero-order chi connectivity index (χ0) is 24.4. The van der Waals surface area contributed by atoms with Crippen LogP contribution in [0.2, 0.25) is 0 Å². The first kappa shape index (κ1) is 23.0. The van der Waals surface area contributed by atoms with Crippen molar-refractivity contribution in [2.45, 2.75) is 85.0 Å². The third kappa shape index (κ3) is 3.91. The first-order valence-electron chi connectivity index (χ1n) is 12.8. The minimum absolute atomic E-state index is 0.169. The van der Waals surface area contributed by atoms with E-state index in [9.17, 15) is 5.11 Å². The highest BCUT2D eigenvalue weighted by molar-refractivity contribution is 5.75. The average molecular weight is 458 g/mol. The molecule has 2 aromatic carbocycles. The van der Waals surface area contributed by atoms with Crippen molar-refractivity contribution in [2.24, 2.45) is 0 Å². The lowest BCUT2D eigenvalue weighted by Gasteiger charge is -2.37. The number of nitrogens with zero attached hydrogens (tertiary/aromatic N) is 2. The van der Waals surface area contributed by atoms with Gasteiger partial charge in [-0.1, -0.05) is 41.5 Å². The van der Waals surface area contributed by atoms with Crippen LogP contribution < -0.4 is 4.90 Å². The van der Waals surface area contributed by atoms with E-state index in [1.165, 1.54) is 48.3 Å². The van der Waals surface area contributed by atoms with E-state index in [2.05, 4.69) is 82.6 Å². The van der Waals surface area contributed by atoms with Gasteiger partial charge in [-0.3, -0.25) is 0 Å². The van der Waals surface area contributed by atoms with Crippen molar-refractivity contribution >= 4 is 5.69 Å². The van der Waals surface area contributed by atoms with E-state index in [0.29, 0.717) is 5.75 Å². The number of imidazole rings is 1. The van der Waals surface area contributed by atoms with Crippen molar-refractivity contribution < 1.29 is 5.11 Å². The Kier molecular flexibility index (Phi) is 5.34. The monoisotopic (exact) mass is 457 g/mol. The van der Waals surface area contributed by atoms with E-state index < -0.39 is 0 Å². The number of rotatable bonds is 2. The largest absolute Gasteiger partial charge is 0.507 e. The topological polar surface area (TPSA) is 52.1 Å². The van der Waals surface area contributed by atoms with Gasteiger partial charge in [0.05, 0.1) is 5.69 Å². The van der Waals surface area contributed by atoms with Gasteiger partial charge in [-0.05, 0) is 78.8 Å². The molecule has 0 atom stereocenters. The molecule has 0 amide bonds. The minimum Gasteiger partial charge on any atom is -0.507 e. The zero-order valence-electron chi connectivity index (χ0n) is 21.9. The number of hydrogen-bond donors (Lipinski definition) is 2. The van der Waals surface area contributed by atoms with Crippen LogP contribution in [-0.2, 0) is 23.7 Å². The van der Waals surface area contributed by atoms with Crippen molar-refractivity contribution in [1.29, 1.82) is 0 Å². The molecule has 4 heteroatoms. The summed E-state index contributed by atoms with van der Waals surface area (Å²) in [6.45, 7) is 17.4. The SMILES string of the molecule is Cc1[nH]c(-c2cc(C(C)(C)C)c(O)c(C(C)(C)C)c2)nc1-c1cc2c3c(c1)CCCN3CCC2. The number of aryl methyl sites for hydroxylation is 3. The highest BCUT2D eigenvalue weighted by Crippen LogP contribution is 2.43. The van der Waals surface area contributed by atoms with Gasteiger partial charge in [0.15, 0.2) is 0 Å². The summed E-state index contributed by atoms with van der Waals surface area (Å²) in [5.41, 5.74) is 10.4. The number of phenols is 1. The lowest BCUT2D eigenvalue weighted by molar-refractivity contribution is 0.423. The summed E-state index contributed by atoms with van der Waals surface area (Å²) in [7, 11) is 0. The summed E-state index contributed by atoms with van der Waals surface area (Å²) in [6.07, 6.45) is 4.79. The Bertz CT molecular complexity index is 1190. The molecule has 1 aromatic heterocycles. The van der Waals surface area contributed by atoms with Crippen molar-refractivity contribution in [2.75, 3.05) is 18.0 Å². The van der Waals surface area contributed by atoms with Crippen molar-refractivity contribution in [3.63, 3.8) is 0 Å². The molecule has 0 spiro atoms. The van der Waals surface area contributed by atoms with Crippen molar-refractivity contribution in [3.05, 3.63) is 52.2 Å². The predicted octanol–water partition coefficient (Wildman–Crippen LogP) is 7.05. The van der Waals surface area contributed by atoms with Crippen LogP contribution in [0.5, 0.6) is 5.75 Å². The number of aromatic nitrogens is 2. The Morgan fingerprint density at radius 2 is 1.35 bits per heavy atom. The number of aromatic amines is 1. The van der Waals surface area contributed by atoms with Crippen LogP contribution in [-0.4, -0.2) is 28.2 Å². The van der Waals surface area contributed by atoms with Gasteiger partial charge in [-0.25, -0.2) is 4.98 Å². The van der Waals surface area contributed by atoms with Gasteiger partial charge in [-0.15, -0.1) is 0 Å². The normalized spacial score (nSPS) is 16.0. The third-order valence-corrected chi connectivity index (χ3v) is 7.49. The molecule has 5 rings (SSSR count). The molecule has 0 bridgehead atoms. The van der Waals surface area contributed by atoms with Crippen molar-refractivity contribution in [1.82, 2.24) is 9.97 Å². The molecular formula is C30H39N3O. The summed E-state index contributed by atoms with van der Waals surface area (Å²) >= 11 is 0. The van der Waals surface area contributed by atoms with Crippen LogP contribution in [0, 0.1) is 6.92 Å². The molecule has 0 aliphatic carbocycles. The summed E-state index contributed by atoms with van der Waals surface area (Å²) in [6, 6.07) is 8.98. The zero-order valence-corrected chi connectivity index (χ0v) is 21.9. The lowest BCUT2D eigenvalue weighted by Crippen LogP contribution is -2.34. The smallest absolute Gasteiger partial charge is 0.138 e. The molecule has 0 saturated carbocycles. The third-order valence-electron chi connectivity index (χ3n) is 7.49.